The van der Waals surface area contributed by atoms with Crippen LogP contribution >= 0.6 is 15.9 Å². The predicted octanol–water partition coefficient (Wildman–Crippen LogP) is 3.83. The van der Waals surface area contributed by atoms with Gasteiger partial charge >= 0.3 is 0 Å². The van der Waals surface area contributed by atoms with Crippen LogP contribution in [0.25, 0.3) is 24.3 Å². The number of halogens is 1. The summed E-state index contributed by atoms with van der Waals surface area (Å²) in [5.41, 5.74) is 2.05. The van der Waals surface area contributed by atoms with Crippen molar-refractivity contribution in [1.29, 1.82) is 0 Å². The molecule has 3 nitrogen and oxygen atoms in total. The van der Waals surface area contributed by atoms with Gasteiger partial charge in [-0.2, -0.15) is 8.42 Å². The van der Waals surface area contributed by atoms with Crippen molar-refractivity contribution < 1.29 is 12.6 Å². The lowest BCUT2D eigenvalue weighted by Crippen LogP contribution is -2.36. The fourth-order valence-corrected chi connectivity index (χ4v) is 5.78. The van der Waals surface area contributed by atoms with Gasteiger partial charge in [0.15, 0.2) is 0 Å². The summed E-state index contributed by atoms with van der Waals surface area (Å²) in [5.74, 6) is -0.256. The highest BCUT2D eigenvalue weighted by atomic mass is 79.9. The normalized spacial score (nSPS) is 19.5. The summed E-state index contributed by atoms with van der Waals surface area (Å²) in [6, 6.07) is 23.0. The van der Waals surface area contributed by atoms with Crippen molar-refractivity contribution in [3.05, 3.63) is 121 Å². The van der Waals surface area contributed by atoms with Gasteiger partial charge in [-0.3, -0.25) is 4.18 Å². The highest BCUT2D eigenvalue weighted by Crippen LogP contribution is 2.25. The van der Waals surface area contributed by atoms with Crippen LogP contribution < -0.4 is 20.9 Å². The molecule has 3 aromatic rings. The quantitative estimate of drug-likeness (QED) is 0.458. The molecule has 2 aliphatic carbocycles. The van der Waals surface area contributed by atoms with Gasteiger partial charge in [-0.1, -0.05) is 106 Å². The summed E-state index contributed by atoms with van der Waals surface area (Å²) in [6.45, 7) is 1.92. The Morgan fingerprint density at radius 2 is 1.49 bits per heavy atom. The Labute approximate surface area is 214 Å². The van der Waals surface area contributed by atoms with Crippen LogP contribution in [0.1, 0.15) is 12.0 Å². The molecule has 0 bridgehead atoms. The molecule has 0 saturated heterocycles. The Kier molecular flexibility index (Phi) is 6.74. The van der Waals surface area contributed by atoms with Crippen LogP contribution in [0.15, 0.2) is 99.9 Å². The van der Waals surface area contributed by atoms with Gasteiger partial charge in [0, 0.05) is 10.4 Å². The van der Waals surface area contributed by atoms with Gasteiger partial charge < -0.3 is 0 Å². The molecule has 2 atom stereocenters. The molecule has 2 unspecified atom stereocenters. The van der Waals surface area contributed by atoms with Gasteiger partial charge in [0.25, 0.3) is 10.1 Å². The first-order valence-corrected chi connectivity index (χ1v) is 13.7. The molecule has 0 radical (unpaired) electrons. The van der Waals surface area contributed by atoms with Crippen molar-refractivity contribution in [1.82, 2.24) is 0 Å². The first-order valence-electron chi connectivity index (χ1n) is 11.5. The van der Waals surface area contributed by atoms with E-state index in [1.165, 1.54) is 5.22 Å². The lowest BCUT2D eigenvalue weighted by atomic mass is 9.93. The molecule has 0 amide bonds. The van der Waals surface area contributed by atoms with Crippen LogP contribution in [0.5, 0.6) is 0 Å². The van der Waals surface area contributed by atoms with Crippen molar-refractivity contribution >= 4 is 50.4 Å². The first-order chi connectivity index (χ1) is 16.9. The van der Waals surface area contributed by atoms with Gasteiger partial charge in [-0.05, 0) is 64.1 Å². The van der Waals surface area contributed by atoms with Crippen LogP contribution in [0.3, 0.4) is 0 Å². The van der Waals surface area contributed by atoms with Crippen LogP contribution in [0.4, 0.5) is 0 Å². The second-order valence-electron chi connectivity index (χ2n) is 8.77. The average Bonchev–Trinajstić information content (AvgIpc) is 3.01. The number of hydrogen-bond acceptors (Lipinski definition) is 3. The van der Waals surface area contributed by atoms with Gasteiger partial charge in [0.2, 0.25) is 0 Å². The molecule has 0 aromatic heterocycles. The predicted molar refractivity (Wildman–Crippen MR) is 146 cm³/mol. The smallest absolute Gasteiger partial charge is 0.258 e. The van der Waals surface area contributed by atoms with Crippen LogP contribution in [-0.4, -0.2) is 14.5 Å². The van der Waals surface area contributed by atoms with Crippen LogP contribution in [-0.2, 0) is 14.3 Å². The molecule has 5 heteroatoms. The molecular formula is C30H25BrO3S. The fraction of sp³-hybridized carbons (Fsp3) is 0.133. The van der Waals surface area contributed by atoms with E-state index < -0.39 is 16.2 Å². The van der Waals surface area contributed by atoms with Crippen molar-refractivity contribution in [3.63, 3.8) is 0 Å². The van der Waals surface area contributed by atoms with Gasteiger partial charge in [-0.15, -0.1) is 0 Å². The van der Waals surface area contributed by atoms with Crippen molar-refractivity contribution in [3.8, 4) is 0 Å². The number of hydrogen-bond donors (Lipinski definition) is 0. The Morgan fingerprint density at radius 1 is 0.857 bits per heavy atom. The SMILES string of the molecule is Cc1ccc(S(=O)(=O)OC2C=c3ccccc3=CC2/C=C\C2=C(Br)CC=c3ccccc3=C2)cc1. The molecule has 0 aliphatic heterocycles. The summed E-state index contributed by atoms with van der Waals surface area (Å²) in [6.07, 6.45) is 12.5. The zero-order chi connectivity index (χ0) is 24.4. The number of benzene rings is 3. The van der Waals surface area contributed by atoms with Crippen molar-refractivity contribution in [2.45, 2.75) is 24.3 Å². The molecule has 3 aromatic carbocycles. The number of aryl methyl sites for hydroxylation is 1. The van der Waals surface area contributed by atoms with E-state index in [0.717, 1.165) is 37.7 Å². The Bertz CT molecular complexity index is 1680. The highest BCUT2D eigenvalue weighted by Gasteiger charge is 2.26. The Balaban J connectivity index is 1.52. The molecule has 176 valence electrons. The van der Waals surface area contributed by atoms with E-state index in [4.69, 9.17) is 4.18 Å². The first kappa shape index (κ1) is 23.7. The second-order valence-corrected chi connectivity index (χ2v) is 11.3. The van der Waals surface area contributed by atoms with E-state index in [2.05, 4.69) is 52.4 Å². The maximum atomic E-state index is 13.1. The fourth-order valence-electron chi connectivity index (χ4n) is 4.31. The number of fused-ring (bicyclic) bond motifs is 2. The van der Waals surface area contributed by atoms with Gasteiger partial charge in [0.1, 0.15) is 6.10 Å². The molecule has 35 heavy (non-hydrogen) atoms. The van der Waals surface area contributed by atoms with E-state index >= 15 is 0 Å². The number of rotatable bonds is 5. The lowest BCUT2D eigenvalue weighted by Gasteiger charge is -2.22. The molecule has 5 rings (SSSR count). The van der Waals surface area contributed by atoms with Crippen molar-refractivity contribution in [2.24, 2.45) is 5.92 Å². The Hall–Kier alpha value is -2.99. The molecule has 0 heterocycles. The summed E-state index contributed by atoms with van der Waals surface area (Å²) < 4.78 is 33.1. The second kappa shape index (κ2) is 9.94. The minimum atomic E-state index is -3.93. The third-order valence-corrected chi connectivity index (χ3v) is 8.36. The topological polar surface area (TPSA) is 43.4 Å². The largest absolute Gasteiger partial charge is 0.297 e. The summed E-state index contributed by atoms with van der Waals surface area (Å²) in [7, 11) is -3.93. The summed E-state index contributed by atoms with van der Waals surface area (Å²) in [4.78, 5) is 0.160. The average molecular weight is 545 g/mol. The molecule has 0 saturated carbocycles. The van der Waals surface area contributed by atoms with E-state index in [0.29, 0.717) is 0 Å². The molecule has 0 fully saturated rings. The molecule has 2 aliphatic rings. The van der Waals surface area contributed by atoms with Crippen LogP contribution in [0.2, 0.25) is 0 Å². The maximum absolute atomic E-state index is 13.1. The van der Waals surface area contributed by atoms with E-state index in [9.17, 15) is 8.42 Å². The van der Waals surface area contributed by atoms with E-state index in [-0.39, 0.29) is 10.8 Å². The molecule has 0 spiro atoms. The summed E-state index contributed by atoms with van der Waals surface area (Å²) in [5, 5.41) is 4.38. The highest BCUT2D eigenvalue weighted by molar-refractivity contribution is 9.11. The van der Waals surface area contributed by atoms with Crippen molar-refractivity contribution in [2.75, 3.05) is 0 Å². The third kappa shape index (κ3) is 5.32. The standard InChI is InChI=1S/C30H25BrO3S/c1-21-10-15-28(16-11-21)35(32,33)34-30-20-25-9-5-4-8-24(25)19-27(30)13-12-26-18-23-7-3-2-6-22(23)14-17-29(26)31/h2-16,18-20,27,30H,17H2,1H3/b13-12-. The van der Waals surface area contributed by atoms with E-state index in [1.807, 2.05) is 55.5 Å². The maximum Gasteiger partial charge on any atom is 0.297 e. The van der Waals surface area contributed by atoms with Gasteiger partial charge in [-0.25, -0.2) is 0 Å². The third-order valence-electron chi connectivity index (χ3n) is 6.26. The van der Waals surface area contributed by atoms with E-state index in [1.54, 1.807) is 24.3 Å². The van der Waals surface area contributed by atoms with Crippen LogP contribution in [0, 0.1) is 12.8 Å². The minimum Gasteiger partial charge on any atom is -0.258 e. The molecule has 0 N–H and O–H groups in total. The lowest BCUT2D eigenvalue weighted by molar-refractivity contribution is 0.248. The zero-order valence-corrected chi connectivity index (χ0v) is 21.7. The summed E-state index contributed by atoms with van der Waals surface area (Å²) >= 11 is 3.74. The monoisotopic (exact) mass is 544 g/mol. The minimum absolute atomic E-state index is 0.160. The zero-order valence-electron chi connectivity index (χ0n) is 19.3. The number of allylic oxidation sites excluding steroid dienone is 3. The molecular weight excluding hydrogens is 520 g/mol. The Morgan fingerprint density at radius 3 is 2.20 bits per heavy atom. The van der Waals surface area contributed by atoms with Gasteiger partial charge in [0.05, 0.1) is 4.90 Å².